The molecule has 0 atom stereocenters. The molecular weight excluding hydrogens is 162 g/mol. The van der Waals surface area contributed by atoms with Crippen LogP contribution in [0.4, 0.5) is 4.79 Å². The van der Waals surface area contributed by atoms with Gasteiger partial charge in [-0.2, -0.15) is 0 Å². The average molecular weight is 173 g/mol. The van der Waals surface area contributed by atoms with E-state index < -0.39 is 0 Å². The van der Waals surface area contributed by atoms with Crippen LogP contribution in [-0.2, 0) is 4.79 Å². The lowest BCUT2D eigenvalue weighted by molar-refractivity contribution is -0.127. The maximum Gasteiger partial charge on any atom is 0.288 e. The lowest BCUT2D eigenvalue weighted by atomic mass is 10.3. The second kappa shape index (κ2) is 3.76. The Morgan fingerprint density at radius 3 is 2.91 bits per heavy atom. The topological polar surface area (TPSA) is 37.4 Å². The second-order valence-electron chi connectivity index (χ2n) is 2.36. The minimum Gasteiger partial charge on any atom is -0.274 e. The van der Waals surface area contributed by atoms with Crippen molar-refractivity contribution in [3.63, 3.8) is 0 Å². The molecule has 0 unspecified atom stereocenters. The van der Waals surface area contributed by atoms with Gasteiger partial charge in [0.2, 0.25) is 5.91 Å². The standard InChI is InChI=1S/C7H11NO2S/c1-2-8-6(9)4-3-5-11-7(8)10/h2-5H2,1H3. The molecule has 0 radical (unpaired) electrons. The number of nitrogens with zero attached hydrogens (tertiary/aromatic N) is 1. The lowest BCUT2D eigenvalue weighted by Crippen LogP contribution is -2.32. The van der Waals surface area contributed by atoms with Gasteiger partial charge in [0.1, 0.15) is 0 Å². The minimum atomic E-state index is -0.0880. The molecule has 1 rings (SSSR count). The molecule has 0 saturated carbocycles. The number of thioether (sulfide) groups is 1. The largest absolute Gasteiger partial charge is 0.288 e. The Bertz CT molecular complexity index is 163. The molecule has 0 spiro atoms. The summed E-state index contributed by atoms with van der Waals surface area (Å²) in [6, 6.07) is 0. The maximum atomic E-state index is 11.1. The number of rotatable bonds is 1. The van der Waals surface area contributed by atoms with Crippen LogP contribution >= 0.6 is 11.8 Å². The van der Waals surface area contributed by atoms with Crippen molar-refractivity contribution >= 4 is 22.9 Å². The molecule has 0 N–H and O–H groups in total. The highest BCUT2D eigenvalue weighted by molar-refractivity contribution is 8.13. The molecule has 0 aliphatic carbocycles. The van der Waals surface area contributed by atoms with Gasteiger partial charge < -0.3 is 0 Å². The van der Waals surface area contributed by atoms with Crippen LogP contribution in [0.15, 0.2) is 0 Å². The van der Waals surface area contributed by atoms with Crippen molar-refractivity contribution in [3.8, 4) is 0 Å². The molecule has 0 aromatic rings. The quantitative estimate of drug-likeness (QED) is 0.602. The van der Waals surface area contributed by atoms with Crippen molar-refractivity contribution in [2.24, 2.45) is 0 Å². The second-order valence-corrected chi connectivity index (χ2v) is 3.40. The third-order valence-corrected chi connectivity index (χ3v) is 2.56. The van der Waals surface area contributed by atoms with Gasteiger partial charge in [0.25, 0.3) is 5.24 Å². The summed E-state index contributed by atoms with van der Waals surface area (Å²) in [6.07, 6.45) is 1.35. The Labute approximate surface area is 70.1 Å². The highest BCUT2D eigenvalue weighted by Gasteiger charge is 2.22. The summed E-state index contributed by atoms with van der Waals surface area (Å²) < 4.78 is 0. The van der Waals surface area contributed by atoms with E-state index in [2.05, 4.69) is 0 Å². The molecule has 3 nitrogen and oxygen atoms in total. The lowest BCUT2D eigenvalue weighted by Gasteiger charge is -2.14. The zero-order valence-corrected chi connectivity index (χ0v) is 7.32. The van der Waals surface area contributed by atoms with Gasteiger partial charge in [-0.05, 0) is 13.3 Å². The first-order valence-electron chi connectivity index (χ1n) is 3.73. The van der Waals surface area contributed by atoms with Gasteiger partial charge in [0.05, 0.1) is 0 Å². The Kier molecular flexibility index (Phi) is 2.93. The van der Waals surface area contributed by atoms with E-state index in [4.69, 9.17) is 0 Å². The SMILES string of the molecule is CCN1C(=O)CCCSC1=O. The predicted octanol–water partition coefficient (Wildman–Crippen LogP) is 1.48. The summed E-state index contributed by atoms with van der Waals surface area (Å²) in [5.74, 6) is 0.753. The molecule has 0 aromatic carbocycles. The van der Waals surface area contributed by atoms with Crippen LogP contribution in [0.5, 0.6) is 0 Å². The van der Waals surface area contributed by atoms with Crippen LogP contribution in [0.2, 0.25) is 0 Å². The number of amides is 2. The van der Waals surface area contributed by atoms with E-state index in [1.807, 2.05) is 6.92 Å². The molecule has 0 bridgehead atoms. The van der Waals surface area contributed by atoms with E-state index in [-0.39, 0.29) is 11.1 Å². The van der Waals surface area contributed by atoms with E-state index in [1.165, 1.54) is 16.7 Å². The molecule has 11 heavy (non-hydrogen) atoms. The van der Waals surface area contributed by atoms with E-state index in [9.17, 15) is 9.59 Å². The van der Waals surface area contributed by atoms with Crippen LogP contribution in [0.3, 0.4) is 0 Å². The van der Waals surface area contributed by atoms with Gasteiger partial charge in [-0.15, -0.1) is 0 Å². The molecule has 0 aromatic heterocycles. The Morgan fingerprint density at radius 1 is 1.55 bits per heavy atom. The Morgan fingerprint density at radius 2 is 2.27 bits per heavy atom. The molecule has 1 fully saturated rings. The fraction of sp³-hybridized carbons (Fsp3) is 0.714. The van der Waals surface area contributed by atoms with Crippen LogP contribution in [0.1, 0.15) is 19.8 Å². The highest BCUT2D eigenvalue weighted by atomic mass is 32.2. The number of hydrogen-bond acceptors (Lipinski definition) is 3. The molecule has 2 amide bonds. The minimum absolute atomic E-state index is 0.0255. The van der Waals surface area contributed by atoms with Crippen LogP contribution < -0.4 is 0 Å². The van der Waals surface area contributed by atoms with Gasteiger partial charge >= 0.3 is 0 Å². The Balaban J connectivity index is 2.66. The van der Waals surface area contributed by atoms with E-state index in [1.54, 1.807) is 0 Å². The number of carbonyl (C=O) groups excluding carboxylic acids is 2. The van der Waals surface area contributed by atoms with Gasteiger partial charge in [0.15, 0.2) is 0 Å². The first-order valence-corrected chi connectivity index (χ1v) is 4.71. The maximum absolute atomic E-state index is 11.1. The summed E-state index contributed by atoms with van der Waals surface area (Å²) in [7, 11) is 0. The normalized spacial score (nSPS) is 20.3. The van der Waals surface area contributed by atoms with E-state index in [0.717, 1.165) is 12.2 Å². The molecule has 1 heterocycles. The summed E-state index contributed by atoms with van der Waals surface area (Å²) in [4.78, 5) is 23.6. The first-order chi connectivity index (χ1) is 5.25. The van der Waals surface area contributed by atoms with Crippen molar-refractivity contribution in [3.05, 3.63) is 0 Å². The van der Waals surface area contributed by atoms with E-state index in [0.29, 0.717) is 13.0 Å². The average Bonchev–Trinajstić information content (AvgIpc) is 2.12. The number of imide groups is 1. The Hall–Kier alpha value is -0.510. The van der Waals surface area contributed by atoms with Gasteiger partial charge in [-0.25, -0.2) is 0 Å². The van der Waals surface area contributed by atoms with Gasteiger partial charge in [-0.3, -0.25) is 14.5 Å². The summed E-state index contributed by atoms with van der Waals surface area (Å²) in [5, 5.41) is -0.0880. The summed E-state index contributed by atoms with van der Waals surface area (Å²) in [5.41, 5.74) is 0. The zero-order chi connectivity index (χ0) is 8.27. The third-order valence-electron chi connectivity index (χ3n) is 1.60. The molecule has 1 aliphatic rings. The predicted molar refractivity (Wildman–Crippen MR) is 44.5 cm³/mol. The van der Waals surface area contributed by atoms with Crippen molar-refractivity contribution in [2.75, 3.05) is 12.3 Å². The third kappa shape index (κ3) is 1.96. The fourth-order valence-electron chi connectivity index (χ4n) is 1.00. The van der Waals surface area contributed by atoms with Crippen molar-refractivity contribution < 1.29 is 9.59 Å². The number of hydrogen-bond donors (Lipinski definition) is 0. The highest BCUT2D eigenvalue weighted by Crippen LogP contribution is 2.17. The molecule has 1 saturated heterocycles. The van der Waals surface area contributed by atoms with Crippen LogP contribution in [0.25, 0.3) is 0 Å². The van der Waals surface area contributed by atoms with Gasteiger partial charge in [-0.1, -0.05) is 11.8 Å². The monoisotopic (exact) mass is 173 g/mol. The van der Waals surface area contributed by atoms with E-state index >= 15 is 0 Å². The van der Waals surface area contributed by atoms with Crippen LogP contribution in [0, 0.1) is 0 Å². The summed E-state index contributed by atoms with van der Waals surface area (Å²) in [6.45, 7) is 2.33. The zero-order valence-electron chi connectivity index (χ0n) is 6.50. The molecule has 62 valence electrons. The first kappa shape index (κ1) is 8.59. The van der Waals surface area contributed by atoms with Gasteiger partial charge in [0, 0.05) is 18.7 Å². The molecule has 1 aliphatic heterocycles. The van der Waals surface area contributed by atoms with Crippen molar-refractivity contribution in [2.45, 2.75) is 19.8 Å². The fourth-order valence-corrected chi connectivity index (χ4v) is 1.85. The molecule has 4 heteroatoms. The van der Waals surface area contributed by atoms with Crippen LogP contribution in [-0.4, -0.2) is 28.3 Å². The summed E-state index contributed by atoms with van der Waals surface area (Å²) >= 11 is 1.24. The number of carbonyl (C=O) groups is 2. The van der Waals surface area contributed by atoms with Crippen molar-refractivity contribution in [1.82, 2.24) is 4.90 Å². The van der Waals surface area contributed by atoms with Crippen molar-refractivity contribution in [1.29, 1.82) is 0 Å². The molecular formula is C7H11NO2S. The smallest absolute Gasteiger partial charge is 0.274 e.